The van der Waals surface area contributed by atoms with Gasteiger partial charge in [-0.05, 0) is 58.7 Å². The third kappa shape index (κ3) is 7.66. The summed E-state index contributed by atoms with van der Waals surface area (Å²) in [5, 5.41) is 4.72. The zero-order valence-corrected chi connectivity index (χ0v) is 13.4. The van der Waals surface area contributed by atoms with E-state index in [0.717, 1.165) is 25.8 Å². The molecule has 2 nitrogen and oxygen atoms in total. The normalized spacial score (nSPS) is 11.6. The minimum Gasteiger partial charge on any atom is -0.492 e. The molecule has 0 aliphatic carbocycles. The quantitative estimate of drug-likeness (QED) is 0.721. The van der Waals surface area contributed by atoms with Crippen LogP contribution in [0.25, 0.3) is 0 Å². The van der Waals surface area contributed by atoms with Gasteiger partial charge in [0.25, 0.3) is 0 Å². The van der Waals surface area contributed by atoms with E-state index in [1.54, 1.807) is 18.2 Å². The fraction of sp³-hybridized carbons (Fsp3) is 0.600. The first kappa shape index (κ1) is 16.6. The summed E-state index contributed by atoms with van der Waals surface area (Å²) < 4.78 is 5.63. The average molecular weight is 304 g/mol. The zero-order valence-electron chi connectivity index (χ0n) is 11.9. The molecule has 0 aromatic heterocycles. The average Bonchev–Trinajstić information content (AvgIpc) is 2.31. The van der Waals surface area contributed by atoms with Gasteiger partial charge in [0, 0.05) is 16.6 Å². The fourth-order valence-electron chi connectivity index (χ4n) is 1.64. The molecule has 0 fully saturated rings. The number of hydrogen-bond donors (Lipinski definition) is 1. The van der Waals surface area contributed by atoms with Gasteiger partial charge in [0.1, 0.15) is 5.75 Å². The monoisotopic (exact) mass is 303 g/mol. The summed E-state index contributed by atoms with van der Waals surface area (Å²) in [6.07, 6.45) is 3.32. The molecular formula is C15H23Cl2NO. The molecule has 1 aromatic rings. The Kier molecular flexibility index (Phi) is 6.98. The van der Waals surface area contributed by atoms with E-state index in [9.17, 15) is 0 Å². The van der Waals surface area contributed by atoms with Crippen molar-refractivity contribution in [2.45, 2.75) is 45.6 Å². The molecule has 0 atom stereocenters. The van der Waals surface area contributed by atoms with Crippen molar-refractivity contribution in [2.75, 3.05) is 13.2 Å². The minimum atomic E-state index is 0.199. The van der Waals surface area contributed by atoms with Gasteiger partial charge in [-0.15, -0.1) is 0 Å². The Bertz CT molecular complexity index is 388. The molecule has 0 spiro atoms. The highest BCUT2D eigenvalue weighted by atomic mass is 35.5. The van der Waals surface area contributed by atoms with Gasteiger partial charge in [-0.25, -0.2) is 0 Å². The second kappa shape index (κ2) is 7.98. The van der Waals surface area contributed by atoms with Gasteiger partial charge in [-0.1, -0.05) is 23.2 Å². The lowest BCUT2D eigenvalue weighted by molar-refractivity contribution is 0.303. The number of nitrogens with one attached hydrogen (secondary N) is 1. The van der Waals surface area contributed by atoms with E-state index in [0.29, 0.717) is 22.4 Å². The summed E-state index contributed by atoms with van der Waals surface area (Å²) in [6, 6.07) is 5.27. The van der Waals surface area contributed by atoms with E-state index in [1.165, 1.54) is 0 Å². The summed E-state index contributed by atoms with van der Waals surface area (Å²) in [6.45, 7) is 8.25. The van der Waals surface area contributed by atoms with Crippen molar-refractivity contribution in [2.24, 2.45) is 0 Å². The Morgan fingerprint density at radius 2 is 1.84 bits per heavy atom. The van der Waals surface area contributed by atoms with Gasteiger partial charge >= 0.3 is 0 Å². The molecule has 1 N–H and O–H groups in total. The van der Waals surface area contributed by atoms with Crippen molar-refractivity contribution >= 4 is 23.2 Å². The van der Waals surface area contributed by atoms with E-state index in [4.69, 9.17) is 27.9 Å². The van der Waals surface area contributed by atoms with Gasteiger partial charge in [-0.2, -0.15) is 0 Å². The Hall–Kier alpha value is -0.440. The van der Waals surface area contributed by atoms with E-state index in [-0.39, 0.29) is 5.54 Å². The van der Waals surface area contributed by atoms with Crippen LogP contribution in [0.1, 0.15) is 40.0 Å². The van der Waals surface area contributed by atoms with Crippen molar-refractivity contribution in [1.29, 1.82) is 0 Å². The van der Waals surface area contributed by atoms with Crippen LogP contribution >= 0.6 is 23.2 Å². The largest absolute Gasteiger partial charge is 0.492 e. The van der Waals surface area contributed by atoms with Gasteiger partial charge in [0.15, 0.2) is 0 Å². The van der Waals surface area contributed by atoms with Crippen molar-refractivity contribution in [1.82, 2.24) is 5.32 Å². The lowest BCUT2D eigenvalue weighted by atomic mass is 10.1. The van der Waals surface area contributed by atoms with Crippen LogP contribution in [0.15, 0.2) is 18.2 Å². The molecule has 0 heterocycles. The van der Waals surface area contributed by atoms with Gasteiger partial charge in [0.2, 0.25) is 0 Å². The van der Waals surface area contributed by atoms with Crippen molar-refractivity contribution in [3.63, 3.8) is 0 Å². The molecule has 0 unspecified atom stereocenters. The van der Waals surface area contributed by atoms with Gasteiger partial charge in [-0.3, -0.25) is 0 Å². The van der Waals surface area contributed by atoms with Crippen LogP contribution in [0.5, 0.6) is 5.75 Å². The Labute approximate surface area is 126 Å². The number of benzene rings is 1. The third-order valence-electron chi connectivity index (χ3n) is 2.63. The Morgan fingerprint density at radius 3 is 2.53 bits per heavy atom. The fourth-order valence-corrected chi connectivity index (χ4v) is 1.97. The van der Waals surface area contributed by atoms with Crippen LogP contribution in [-0.2, 0) is 0 Å². The third-order valence-corrected chi connectivity index (χ3v) is 3.17. The summed E-state index contributed by atoms with van der Waals surface area (Å²) in [5.74, 6) is 0.669. The molecule has 0 bridgehead atoms. The molecular weight excluding hydrogens is 281 g/mol. The van der Waals surface area contributed by atoms with Crippen LogP contribution in [0.4, 0.5) is 0 Å². The molecule has 0 saturated carbocycles. The predicted octanol–water partition coefficient (Wildman–Crippen LogP) is 4.93. The molecule has 0 aliphatic heterocycles. The van der Waals surface area contributed by atoms with Crippen LogP contribution in [-0.4, -0.2) is 18.7 Å². The van der Waals surface area contributed by atoms with Gasteiger partial charge < -0.3 is 10.1 Å². The van der Waals surface area contributed by atoms with Crippen LogP contribution in [0.2, 0.25) is 10.0 Å². The molecule has 0 radical (unpaired) electrons. The summed E-state index contributed by atoms with van der Waals surface area (Å²) in [5.41, 5.74) is 0.199. The smallest absolute Gasteiger partial charge is 0.139 e. The second-order valence-electron chi connectivity index (χ2n) is 5.66. The van der Waals surface area contributed by atoms with E-state index in [1.807, 2.05) is 0 Å². The first-order valence-corrected chi connectivity index (χ1v) is 7.47. The highest BCUT2D eigenvalue weighted by Gasteiger charge is 2.07. The lowest BCUT2D eigenvalue weighted by Crippen LogP contribution is -2.36. The maximum Gasteiger partial charge on any atom is 0.139 e. The second-order valence-corrected chi connectivity index (χ2v) is 6.50. The number of hydrogen-bond acceptors (Lipinski definition) is 2. The number of ether oxygens (including phenoxy) is 1. The summed E-state index contributed by atoms with van der Waals surface area (Å²) in [4.78, 5) is 0. The maximum atomic E-state index is 6.02. The number of unbranched alkanes of at least 4 members (excludes halogenated alkanes) is 2. The zero-order chi connectivity index (χ0) is 14.3. The van der Waals surface area contributed by atoms with Crippen molar-refractivity contribution < 1.29 is 4.74 Å². The standard InChI is InChI=1S/C15H23Cl2NO/c1-15(2,3)18-9-5-4-6-10-19-14-11-12(16)7-8-13(14)17/h7-8,11,18H,4-6,9-10H2,1-3H3. The van der Waals surface area contributed by atoms with Gasteiger partial charge in [0.05, 0.1) is 11.6 Å². The molecule has 108 valence electrons. The predicted molar refractivity (Wildman–Crippen MR) is 83.6 cm³/mol. The molecule has 1 aromatic carbocycles. The summed E-state index contributed by atoms with van der Waals surface area (Å²) in [7, 11) is 0. The molecule has 4 heteroatoms. The first-order valence-electron chi connectivity index (χ1n) is 6.71. The Balaban J connectivity index is 2.12. The molecule has 0 saturated heterocycles. The number of rotatable bonds is 7. The summed E-state index contributed by atoms with van der Waals surface area (Å²) >= 11 is 11.9. The van der Waals surface area contributed by atoms with E-state index < -0.39 is 0 Å². The van der Waals surface area contributed by atoms with E-state index in [2.05, 4.69) is 26.1 Å². The van der Waals surface area contributed by atoms with Crippen LogP contribution in [0.3, 0.4) is 0 Å². The first-order chi connectivity index (χ1) is 8.88. The van der Waals surface area contributed by atoms with E-state index >= 15 is 0 Å². The highest BCUT2D eigenvalue weighted by molar-refractivity contribution is 6.34. The molecule has 1 rings (SSSR count). The molecule has 19 heavy (non-hydrogen) atoms. The maximum absolute atomic E-state index is 6.02. The van der Waals surface area contributed by atoms with Crippen LogP contribution in [0, 0.1) is 0 Å². The minimum absolute atomic E-state index is 0.199. The topological polar surface area (TPSA) is 21.3 Å². The lowest BCUT2D eigenvalue weighted by Gasteiger charge is -2.20. The van der Waals surface area contributed by atoms with Crippen LogP contribution < -0.4 is 10.1 Å². The molecule has 0 amide bonds. The number of halogens is 2. The van der Waals surface area contributed by atoms with Crippen molar-refractivity contribution in [3.05, 3.63) is 28.2 Å². The highest BCUT2D eigenvalue weighted by Crippen LogP contribution is 2.27. The SMILES string of the molecule is CC(C)(C)NCCCCCOc1cc(Cl)ccc1Cl. The Morgan fingerprint density at radius 1 is 1.11 bits per heavy atom. The van der Waals surface area contributed by atoms with Crippen molar-refractivity contribution in [3.8, 4) is 5.75 Å². The molecule has 0 aliphatic rings.